The van der Waals surface area contributed by atoms with Crippen LogP contribution in [0.4, 0.5) is 5.69 Å². The molecule has 1 saturated heterocycles. The van der Waals surface area contributed by atoms with E-state index in [1.165, 1.54) is 4.90 Å². The molecule has 0 saturated carbocycles. The van der Waals surface area contributed by atoms with Crippen LogP contribution in [0.2, 0.25) is 5.02 Å². The number of nitrogens with zero attached hydrogens (tertiary/aromatic N) is 3. The van der Waals surface area contributed by atoms with Gasteiger partial charge in [0.05, 0.1) is 11.3 Å². The number of imide groups is 1. The predicted molar refractivity (Wildman–Crippen MR) is 120 cm³/mol. The van der Waals surface area contributed by atoms with Crippen LogP contribution in [0.15, 0.2) is 48.2 Å². The Bertz CT molecular complexity index is 1020. The maximum absolute atomic E-state index is 13.6. The summed E-state index contributed by atoms with van der Waals surface area (Å²) in [6.45, 7) is 10.2. The Morgan fingerprint density at radius 1 is 0.900 bits per heavy atom. The lowest BCUT2D eigenvalue weighted by atomic mass is 10.0. The molecular formula is C24H26ClN3O2. The highest BCUT2D eigenvalue weighted by atomic mass is 35.5. The maximum Gasteiger partial charge on any atom is 0.282 e. The van der Waals surface area contributed by atoms with E-state index in [0.29, 0.717) is 22.0 Å². The van der Waals surface area contributed by atoms with Crippen molar-refractivity contribution in [1.29, 1.82) is 0 Å². The highest BCUT2D eigenvalue weighted by Crippen LogP contribution is 2.36. The molecule has 0 atom stereocenters. The number of rotatable bonds is 4. The minimum atomic E-state index is -0.295. The van der Waals surface area contributed by atoms with Gasteiger partial charge in [-0.2, -0.15) is 0 Å². The summed E-state index contributed by atoms with van der Waals surface area (Å²) < 4.78 is 0. The molecule has 4 rings (SSSR count). The SMILES string of the molecule is CCN1CCN(C2=C(c3ccc(C)cc3)C(=O)N(c3ccc(C)c(Cl)c3)C2=O)CC1. The summed E-state index contributed by atoms with van der Waals surface area (Å²) in [5, 5.41) is 0.537. The zero-order chi connectivity index (χ0) is 21.4. The summed E-state index contributed by atoms with van der Waals surface area (Å²) in [6.07, 6.45) is 0. The van der Waals surface area contributed by atoms with E-state index in [1.807, 2.05) is 44.2 Å². The fourth-order valence-corrected chi connectivity index (χ4v) is 4.21. The molecule has 1 fully saturated rings. The van der Waals surface area contributed by atoms with E-state index in [1.54, 1.807) is 12.1 Å². The van der Waals surface area contributed by atoms with E-state index in [0.717, 1.165) is 49.4 Å². The lowest BCUT2D eigenvalue weighted by Gasteiger charge is -2.36. The number of hydrogen-bond acceptors (Lipinski definition) is 4. The Morgan fingerprint density at radius 3 is 2.17 bits per heavy atom. The van der Waals surface area contributed by atoms with Crippen LogP contribution >= 0.6 is 11.6 Å². The third-order valence-electron chi connectivity index (χ3n) is 5.95. The number of carbonyl (C=O) groups excluding carboxylic acids is 2. The van der Waals surface area contributed by atoms with Gasteiger partial charge in [0.25, 0.3) is 11.8 Å². The Hall–Kier alpha value is -2.63. The number of benzene rings is 2. The fraction of sp³-hybridized carbons (Fsp3) is 0.333. The second-order valence-corrected chi connectivity index (χ2v) is 8.30. The fourth-order valence-electron chi connectivity index (χ4n) is 4.04. The molecule has 2 heterocycles. The van der Waals surface area contributed by atoms with Crippen molar-refractivity contribution in [2.24, 2.45) is 0 Å². The van der Waals surface area contributed by atoms with Crippen molar-refractivity contribution in [2.45, 2.75) is 20.8 Å². The molecule has 30 heavy (non-hydrogen) atoms. The van der Waals surface area contributed by atoms with Crippen molar-refractivity contribution < 1.29 is 9.59 Å². The second kappa shape index (κ2) is 8.25. The number of anilines is 1. The molecule has 0 bridgehead atoms. The van der Waals surface area contributed by atoms with E-state index in [9.17, 15) is 9.59 Å². The highest BCUT2D eigenvalue weighted by molar-refractivity contribution is 6.45. The molecule has 0 N–H and O–H groups in total. The first kappa shape index (κ1) is 20.6. The zero-order valence-corrected chi connectivity index (χ0v) is 18.4. The first-order valence-corrected chi connectivity index (χ1v) is 10.7. The first-order chi connectivity index (χ1) is 14.4. The molecule has 0 radical (unpaired) electrons. The van der Waals surface area contributed by atoms with Crippen LogP contribution in [0.3, 0.4) is 0 Å². The van der Waals surface area contributed by atoms with Crippen molar-refractivity contribution in [3.05, 3.63) is 69.9 Å². The molecule has 0 aliphatic carbocycles. The third kappa shape index (κ3) is 3.64. The summed E-state index contributed by atoms with van der Waals surface area (Å²) in [7, 11) is 0. The normalized spacial score (nSPS) is 18.0. The van der Waals surface area contributed by atoms with E-state index in [4.69, 9.17) is 11.6 Å². The van der Waals surface area contributed by atoms with Crippen molar-refractivity contribution in [2.75, 3.05) is 37.6 Å². The van der Waals surface area contributed by atoms with E-state index >= 15 is 0 Å². The number of piperazine rings is 1. The monoisotopic (exact) mass is 423 g/mol. The summed E-state index contributed by atoms with van der Waals surface area (Å²) in [6, 6.07) is 13.1. The van der Waals surface area contributed by atoms with Gasteiger partial charge < -0.3 is 9.80 Å². The molecule has 2 amide bonds. The third-order valence-corrected chi connectivity index (χ3v) is 6.36. The van der Waals surface area contributed by atoms with Crippen LogP contribution < -0.4 is 4.90 Å². The van der Waals surface area contributed by atoms with Gasteiger partial charge in [-0.15, -0.1) is 0 Å². The van der Waals surface area contributed by atoms with Crippen molar-refractivity contribution in [1.82, 2.24) is 9.80 Å². The van der Waals surface area contributed by atoms with Gasteiger partial charge in [-0.05, 0) is 43.7 Å². The molecule has 5 nitrogen and oxygen atoms in total. The Labute approximate surface area is 182 Å². The van der Waals surface area contributed by atoms with Crippen molar-refractivity contribution >= 4 is 34.7 Å². The number of carbonyl (C=O) groups is 2. The second-order valence-electron chi connectivity index (χ2n) is 7.89. The minimum Gasteiger partial charge on any atom is -0.364 e. The molecule has 2 aliphatic heterocycles. The van der Waals surface area contributed by atoms with Crippen molar-refractivity contribution in [3.63, 3.8) is 0 Å². The quantitative estimate of drug-likeness (QED) is 0.700. The van der Waals surface area contributed by atoms with Gasteiger partial charge >= 0.3 is 0 Å². The van der Waals surface area contributed by atoms with Crippen LogP contribution in [0, 0.1) is 13.8 Å². The Balaban J connectivity index is 1.78. The van der Waals surface area contributed by atoms with Crippen molar-refractivity contribution in [3.8, 4) is 0 Å². The standard InChI is InChI=1S/C24H26ClN3O2/c1-4-26-11-13-27(14-12-26)22-21(18-8-5-16(2)6-9-18)23(29)28(24(22)30)19-10-7-17(3)20(25)15-19/h5-10,15H,4,11-14H2,1-3H3. The van der Waals surface area contributed by atoms with Gasteiger partial charge in [-0.25, -0.2) is 4.90 Å². The Morgan fingerprint density at radius 2 is 1.57 bits per heavy atom. The molecule has 0 aromatic heterocycles. The zero-order valence-electron chi connectivity index (χ0n) is 17.6. The predicted octanol–water partition coefficient (Wildman–Crippen LogP) is 3.88. The topological polar surface area (TPSA) is 43.9 Å². The highest BCUT2D eigenvalue weighted by Gasteiger charge is 2.43. The smallest absolute Gasteiger partial charge is 0.282 e. The number of likely N-dealkylation sites (N-methyl/N-ethyl adjacent to an activating group) is 1. The molecule has 0 spiro atoms. The molecule has 2 aliphatic rings. The van der Waals surface area contributed by atoms with Gasteiger partial charge in [-0.1, -0.05) is 54.4 Å². The summed E-state index contributed by atoms with van der Waals surface area (Å²) in [4.78, 5) is 32.8. The van der Waals surface area contributed by atoms with Crippen LogP contribution in [-0.4, -0.2) is 54.3 Å². The largest absolute Gasteiger partial charge is 0.364 e. The molecule has 156 valence electrons. The molecule has 2 aromatic carbocycles. The van der Waals surface area contributed by atoms with Gasteiger partial charge in [0, 0.05) is 31.2 Å². The van der Waals surface area contributed by atoms with Crippen LogP contribution in [-0.2, 0) is 9.59 Å². The lowest BCUT2D eigenvalue weighted by molar-refractivity contribution is -0.120. The van der Waals surface area contributed by atoms with E-state index < -0.39 is 0 Å². The molecule has 2 aromatic rings. The van der Waals surface area contributed by atoms with Crippen LogP contribution in [0.5, 0.6) is 0 Å². The molecule has 6 heteroatoms. The summed E-state index contributed by atoms with van der Waals surface area (Å²) in [5.74, 6) is -0.572. The summed E-state index contributed by atoms with van der Waals surface area (Å²) in [5.41, 5.74) is 4.26. The van der Waals surface area contributed by atoms with E-state index in [-0.39, 0.29) is 11.8 Å². The van der Waals surface area contributed by atoms with Gasteiger partial charge in [0.2, 0.25) is 0 Å². The minimum absolute atomic E-state index is 0.277. The lowest BCUT2D eigenvalue weighted by Crippen LogP contribution is -2.47. The number of aryl methyl sites for hydroxylation is 2. The maximum atomic E-state index is 13.6. The Kier molecular flexibility index (Phi) is 5.67. The molecular weight excluding hydrogens is 398 g/mol. The average molecular weight is 424 g/mol. The van der Waals surface area contributed by atoms with Gasteiger partial charge in [0.1, 0.15) is 5.70 Å². The average Bonchev–Trinajstić information content (AvgIpc) is 3.01. The van der Waals surface area contributed by atoms with Crippen LogP contribution in [0.1, 0.15) is 23.6 Å². The molecule has 0 unspecified atom stereocenters. The van der Waals surface area contributed by atoms with Crippen LogP contribution in [0.25, 0.3) is 5.57 Å². The number of amides is 2. The first-order valence-electron chi connectivity index (χ1n) is 10.3. The number of hydrogen-bond donors (Lipinski definition) is 0. The van der Waals surface area contributed by atoms with E-state index in [2.05, 4.69) is 16.7 Å². The number of halogens is 1. The summed E-state index contributed by atoms with van der Waals surface area (Å²) >= 11 is 6.30. The van der Waals surface area contributed by atoms with Gasteiger partial charge in [-0.3, -0.25) is 9.59 Å². The van der Waals surface area contributed by atoms with Gasteiger partial charge in [0.15, 0.2) is 0 Å².